The Morgan fingerprint density at radius 3 is 2.46 bits per heavy atom. The van der Waals surface area contributed by atoms with Crippen LogP contribution in [0, 0.1) is 5.82 Å². The topological polar surface area (TPSA) is 50.2 Å². The van der Waals surface area contributed by atoms with Crippen molar-refractivity contribution < 1.29 is 23.1 Å². The van der Waals surface area contributed by atoms with Gasteiger partial charge in [-0.3, -0.25) is 4.98 Å². The number of nitrogens with zero attached hydrogens (tertiary/aromatic N) is 1. The first kappa shape index (κ1) is 9.50. The second-order valence-electron chi connectivity index (χ2n) is 2.19. The highest BCUT2D eigenvalue weighted by Crippen LogP contribution is 2.23. The van der Waals surface area contributed by atoms with Crippen LogP contribution in [0.15, 0.2) is 12.4 Å². The van der Waals surface area contributed by atoms with Crippen molar-refractivity contribution in [1.29, 1.82) is 0 Å². The van der Waals surface area contributed by atoms with E-state index >= 15 is 0 Å². The number of rotatable bonds is 2. The van der Waals surface area contributed by atoms with Crippen molar-refractivity contribution in [3.8, 4) is 0 Å². The molecule has 3 nitrogen and oxygen atoms in total. The number of aromatic nitrogens is 1. The maximum atomic E-state index is 12.7. The quantitative estimate of drug-likeness (QED) is 0.776. The maximum Gasteiger partial charge on any atom is 0.339 e. The predicted molar refractivity (Wildman–Crippen MR) is 36.1 cm³/mol. The van der Waals surface area contributed by atoms with Crippen molar-refractivity contribution in [2.75, 3.05) is 0 Å². The third kappa shape index (κ3) is 1.77. The lowest BCUT2D eigenvalue weighted by molar-refractivity contribution is 0.0678. The maximum absolute atomic E-state index is 12.7. The monoisotopic (exact) mass is 191 g/mol. The molecule has 6 heteroatoms. The fraction of sp³-hybridized carbons (Fsp3) is 0.143. The number of aromatic carboxylic acids is 1. The van der Waals surface area contributed by atoms with Crippen molar-refractivity contribution in [3.63, 3.8) is 0 Å². The highest BCUT2D eigenvalue weighted by atomic mass is 19.3. The van der Waals surface area contributed by atoms with Crippen LogP contribution >= 0.6 is 0 Å². The average Bonchev–Trinajstić information content (AvgIpc) is 2.02. The van der Waals surface area contributed by atoms with Crippen molar-refractivity contribution in [2.45, 2.75) is 6.43 Å². The molecule has 0 saturated heterocycles. The molecule has 13 heavy (non-hydrogen) atoms. The molecule has 0 radical (unpaired) electrons. The van der Waals surface area contributed by atoms with Crippen molar-refractivity contribution in [2.24, 2.45) is 0 Å². The van der Waals surface area contributed by atoms with E-state index in [0.717, 1.165) is 0 Å². The Bertz CT molecular complexity index is 341. The van der Waals surface area contributed by atoms with E-state index in [1.807, 2.05) is 0 Å². The summed E-state index contributed by atoms with van der Waals surface area (Å²) in [5, 5.41) is 8.39. The van der Waals surface area contributed by atoms with E-state index < -0.39 is 29.3 Å². The van der Waals surface area contributed by atoms with Crippen molar-refractivity contribution in [3.05, 3.63) is 29.3 Å². The molecule has 70 valence electrons. The molecular formula is C7H4F3NO2. The smallest absolute Gasteiger partial charge is 0.339 e. The third-order valence-electron chi connectivity index (χ3n) is 1.38. The molecule has 0 atom stereocenters. The molecule has 0 spiro atoms. The Morgan fingerprint density at radius 1 is 1.46 bits per heavy atom. The lowest BCUT2D eigenvalue weighted by Crippen LogP contribution is -2.07. The van der Waals surface area contributed by atoms with Gasteiger partial charge in [0.1, 0.15) is 5.56 Å². The van der Waals surface area contributed by atoms with Gasteiger partial charge >= 0.3 is 5.97 Å². The van der Waals surface area contributed by atoms with E-state index in [9.17, 15) is 18.0 Å². The summed E-state index contributed by atoms with van der Waals surface area (Å²) >= 11 is 0. The molecule has 1 rings (SSSR count). The van der Waals surface area contributed by atoms with Gasteiger partial charge in [0.2, 0.25) is 0 Å². The van der Waals surface area contributed by atoms with E-state index in [1.54, 1.807) is 0 Å². The summed E-state index contributed by atoms with van der Waals surface area (Å²) in [4.78, 5) is 13.5. The number of hydrogen-bond donors (Lipinski definition) is 1. The van der Waals surface area contributed by atoms with Crippen LogP contribution in [0.4, 0.5) is 13.2 Å². The Kier molecular flexibility index (Phi) is 2.50. The number of carboxylic acid groups (broad SMARTS) is 1. The molecular weight excluding hydrogens is 187 g/mol. The van der Waals surface area contributed by atoms with Crippen LogP contribution in [0.1, 0.15) is 22.3 Å². The molecule has 1 heterocycles. The average molecular weight is 191 g/mol. The molecule has 0 aliphatic carbocycles. The molecule has 1 N–H and O–H groups in total. The van der Waals surface area contributed by atoms with Gasteiger partial charge in [0.25, 0.3) is 6.43 Å². The Balaban J connectivity index is 3.34. The molecule has 0 unspecified atom stereocenters. The number of hydrogen-bond acceptors (Lipinski definition) is 2. The second-order valence-corrected chi connectivity index (χ2v) is 2.19. The summed E-state index contributed by atoms with van der Waals surface area (Å²) in [6.45, 7) is 0. The summed E-state index contributed by atoms with van der Waals surface area (Å²) in [6, 6.07) is 0. The van der Waals surface area contributed by atoms with Crippen LogP contribution in [0.5, 0.6) is 0 Å². The summed E-state index contributed by atoms with van der Waals surface area (Å²) in [5.41, 5.74) is -1.93. The number of pyridine rings is 1. The van der Waals surface area contributed by atoms with Gasteiger partial charge in [0, 0.05) is 6.20 Å². The largest absolute Gasteiger partial charge is 0.478 e. The molecule has 0 aromatic carbocycles. The minimum absolute atomic E-state index is 0.579. The Morgan fingerprint density at radius 2 is 2.08 bits per heavy atom. The zero-order valence-corrected chi connectivity index (χ0v) is 6.17. The highest BCUT2D eigenvalue weighted by Gasteiger charge is 2.22. The van der Waals surface area contributed by atoms with Crippen LogP contribution in [-0.2, 0) is 0 Å². The van der Waals surface area contributed by atoms with E-state index in [0.29, 0.717) is 12.4 Å². The predicted octanol–water partition coefficient (Wildman–Crippen LogP) is 1.86. The minimum Gasteiger partial charge on any atom is -0.478 e. The molecule has 1 aromatic rings. The number of halogens is 3. The summed E-state index contributed by atoms with van der Waals surface area (Å²) in [7, 11) is 0. The van der Waals surface area contributed by atoms with E-state index in [4.69, 9.17) is 5.11 Å². The lowest BCUT2D eigenvalue weighted by Gasteiger charge is -2.03. The fourth-order valence-electron chi connectivity index (χ4n) is 0.841. The van der Waals surface area contributed by atoms with Crippen molar-refractivity contribution in [1.82, 2.24) is 4.98 Å². The van der Waals surface area contributed by atoms with Gasteiger partial charge in [-0.15, -0.1) is 0 Å². The van der Waals surface area contributed by atoms with Crippen LogP contribution in [0.3, 0.4) is 0 Å². The first-order valence-electron chi connectivity index (χ1n) is 3.19. The molecule has 1 aromatic heterocycles. The van der Waals surface area contributed by atoms with E-state index in [1.165, 1.54) is 0 Å². The van der Waals surface area contributed by atoms with Crippen LogP contribution in [0.25, 0.3) is 0 Å². The third-order valence-corrected chi connectivity index (χ3v) is 1.38. The minimum atomic E-state index is -3.05. The molecule has 0 aliphatic heterocycles. The molecule has 0 saturated carbocycles. The molecule has 0 aliphatic rings. The van der Waals surface area contributed by atoms with Crippen LogP contribution in [0.2, 0.25) is 0 Å². The zero-order chi connectivity index (χ0) is 10.0. The second kappa shape index (κ2) is 3.42. The lowest BCUT2D eigenvalue weighted by atomic mass is 10.1. The Labute approximate surface area is 70.8 Å². The standard InChI is InChI=1S/C7H4F3NO2/c8-4-2-11-1-3(6(9)10)5(4)7(12)13/h1-2,6H,(H,12,13). The normalized spacial score (nSPS) is 10.5. The van der Waals surface area contributed by atoms with Gasteiger partial charge in [-0.2, -0.15) is 0 Å². The van der Waals surface area contributed by atoms with Gasteiger partial charge in [-0.1, -0.05) is 0 Å². The summed E-state index contributed by atoms with van der Waals surface area (Å²) in [6.07, 6.45) is -1.83. The fourth-order valence-corrected chi connectivity index (χ4v) is 0.841. The van der Waals surface area contributed by atoms with Crippen LogP contribution < -0.4 is 0 Å². The van der Waals surface area contributed by atoms with E-state index in [2.05, 4.69) is 4.98 Å². The first-order valence-corrected chi connectivity index (χ1v) is 3.19. The highest BCUT2D eigenvalue weighted by molar-refractivity contribution is 5.89. The van der Waals surface area contributed by atoms with Gasteiger partial charge in [0.05, 0.1) is 11.8 Å². The van der Waals surface area contributed by atoms with Gasteiger partial charge in [-0.25, -0.2) is 18.0 Å². The van der Waals surface area contributed by atoms with Gasteiger partial charge in [-0.05, 0) is 0 Å². The van der Waals surface area contributed by atoms with Gasteiger partial charge in [0.15, 0.2) is 5.82 Å². The van der Waals surface area contributed by atoms with Crippen LogP contribution in [-0.4, -0.2) is 16.1 Å². The molecule has 0 amide bonds. The zero-order valence-electron chi connectivity index (χ0n) is 6.17. The summed E-state index contributed by atoms with van der Waals surface area (Å²) < 4.78 is 36.9. The number of alkyl halides is 2. The van der Waals surface area contributed by atoms with E-state index in [-0.39, 0.29) is 0 Å². The molecule has 0 bridgehead atoms. The summed E-state index contributed by atoms with van der Waals surface area (Å²) in [5.74, 6) is -2.99. The SMILES string of the molecule is O=C(O)c1c(F)cncc1C(F)F. The molecule has 0 fully saturated rings. The number of carboxylic acids is 1. The number of carbonyl (C=O) groups is 1. The Hall–Kier alpha value is -1.59. The van der Waals surface area contributed by atoms with Crippen molar-refractivity contribution >= 4 is 5.97 Å². The first-order chi connectivity index (χ1) is 6.04. The van der Waals surface area contributed by atoms with Gasteiger partial charge < -0.3 is 5.11 Å².